The Morgan fingerprint density at radius 2 is 1.89 bits per heavy atom. The Kier molecular flexibility index (Phi) is 5.55. The van der Waals surface area contributed by atoms with Crippen molar-refractivity contribution in [3.05, 3.63) is 29.8 Å². The molecule has 1 amide bonds. The van der Waals surface area contributed by atoms with Crippen LogP contribution in [0.3, 0.4) is 0 Å². The van der Waals surface area contributed by atoms with Gasteiger partial charge >= 0.3 is 0 Å². The zero-order valence-electron chi connectivity index (χ0n) is 11.9. The van der Waals surface area contributed by atoms with Gasteiger partial charge in [0.05, 0.1) is 0 Å². The summed E-state index contributed by atoms with van der Waals surface area (Å²) in [6.07, 6.45) is 0.753. The first-order valence-electron chi connectivity index (χ1n) is 6.45. The van der Waals surface area contributed by atoms with Gasteiger partial charge in [0.2, 0.25) is 0 Å². The highest BCUT2D eigenvalue weighted by atomic mass is 16.5. The molecule has 104 valence electrons. The third-order valence-electron chi connectivity index (χ3n) is 2.76. The second kappa shape index (κ2) is 6.92. The van der Waals surface area contributed by atoms with Crippen molar-refractivity contribution in [2.45, 2.75) is 39.8 Å². The van der Waals surface area contributed by atoms with Crippen molar-refractivity contribution >= 4 is 12.2 Å². The predicted octanol–water partition coefficient (Wildman–Crippen LogP) is 2.52. The van der Waals surface area contributed by atoms with Crippen LogP contribution in [-0.4, -0.2) is 35.8 Å². The van der Waals surface area contributed by atoms with Crippen LogP contribution in [0.1, 0.15) is 38.1 Å². The fraction of sp³-hybridized carbons (Fsp3) is 0.467. The van der Waals surface area contributed by atoms with E-state index >= 15 is 0 Å². The van der Waals surface area contributed by atoms with Gasteiger partial charge < -0.3 is 9.64 Å². The maximum atomic E-state index is 12.1. The van der Waals surface area contributed by atoms with Gasteiger partial charge in [-0.15, -0.1) is 0 Å². The van der Waals surface area contributed by atoms with Gasteiger partial charge in [0.1, 0.15) is 12.0 Å². The first kappa shape index (κ1) is 15.2. The molecule has 19 heavy (non-hydrogen) atoms. The van der Waals surface area contributed by atoms with Gasteiger partial charge in [0, 0.05) is 17.6 Å². The van der Waals surface area contributed by atoms with Gasteiger partial charge in [-0.3, -0.25) is 9.59 Å². The van der Waals surface area contributed by atoms with Crippen LogP contribution in [0.4, 0.5) is 0 Å². The first-order chi connectivity index (χ1) is 8.95. The van der Waals surface area contributed by atoms with Crippen molar-refractivity contribution in [1.29, 1.82) is 0 Å². The summed E-state index contributed by atoms with van der Waals surface area (Å²) in [5.74, 6) is 0.479. The van der Waals surface area contributed by atoms with Crippen LogP contribution in [0.15, 0.2) is 24.3 Å². The van der Waals surface area contributed by atoms with E-state index in [-0.39, 0.29) is 24.6 Å². The van der Waals surface area contributed by atoms with E-state index in [2.05, 4.69) is 0 Å². The first-order valence-corrected chi connectivity index (χ1v) is 6.45. The molecule has 0 saturated heterocycles. The zero-order chi connectivity index (χ0) is 14.4. The van der Waals surface area contributed by atoms with Gasteiger partial charge in [-0.1, -0.05) is 12.1 Å². The topological polar surface area (TPSA) is 46.6 Å². The summed E-state index contributed by atoms with van der Waals surface area (Å²) in [4.78, 5) is 24.5. The number of hydrogen-bond acceptors (Lipinski definition) is 3. The largest absolute Gasteiger partial charge is 0.484 e. The van der Waals surface area contributed by atoms with E-state index in [1.165, 1.54) is 0 Å². The van der Waals surface area contributed by atoms with Crippen molar-refractivity contribution in [3.8, 4) is 5.75 Å². The van der Waals surface area contributed by atoms with E-state index in [4.69, 9.17) is 4.74 Å². The van der Waals surface area contributed by atoms with Crippen LogP contribution in [-0.2, 0) is 4.79 Å². The minimum Gasteiger partial charge on any atom is -0.484 e. The molecule has 1 aromatic rings. The molecule has 0 aromatic heterocycles. The highest BCUT2D eigenvalue weighted by Crippen LogP contribution is 2.13. The number of carbonyl (C=O) groups excluding carboxylic acids is 2. The second-order valence-corrected chi connectivity index (χ2v) is 4.97. The molecule has 0 atom stereocenters. The zero-order valence-corrected chi connectivity index (χ0v) is 11.9. The molecule has 0 heterocycles. The Bertz CT molecular complexity index is 433. The van der Waals surface area contributed by atoms with E-state index in [1.54, 1.807) is 29.2 Å². The number of benzene rings is 1. The van der Waals surface area contributed by atoms with Crippen LogP contribution in [0.2, 0.25) is 0 Å². The third-order valence-corrected chi connectivity index (χ3v) is 2.76. The molecule has 0 aliphatic carbocycles. The van der Waals surface area contributed by atoms with Crippen LogP contribution >= 0.6 is 0 Å². The molecule has 0 spiro atoms. The molecule has 0 aliphatic rings. The fourth-order valence-electron chi connectivity index (χ4n) is 2.07. The molecule has 4 nitrogen and oxygen atoms in total. The molecular weight excluding hydrogens is 242 g/mol. The molecule has 0 radical (unpaired) electrons. The SMILES string of the molecule is CC(C)N(C(=O)COc1cccc(C=O)c1)C(C)C. The summed E-state index contributed by atoms with van der Waals surface area (Å²) >= 11 is 0. The third kappa shape index (κ3) is 4.39. The standard InChI is InChI=1S/C15H21NO3/c1-11(2)16(12(3)4)15(18)10-19-14-7-5-6-13(8-14)9-17/h5-9,11-12H,10H2,1-4H3. The van der Waals surface area contributed by atoms with Crippen molar-refractivity contribution < 1.29 is 14.3 Å². The average molecular weight is 263 g/mol. The monoisotopic (exact) mass is 263 g/mol. The molecule has 4 heteroatoms. The van der Waals surface area contributed by atoms with Gasteiger partial charge in [-0.05, 0) is 39.8 Å². The van der Waals surface area contributed by atoms with Crippen LogP contribution in [0, 0.1) is 0 Å². The van der Waals surface area contributed by atoms with E-state index in [0.29, 0.717) is 11.3 Å². The van der Waals surface area contributed by atoms with E-state index in [0.717, 1.165) is 6.29 Å². The lowest BCUT2D eigenvalue weighted by atomic mass is 10.2. The average Bonchev–Trinajstić information content (AvgIpc) is 2.35. The molecule has 0 aliphatic heterocycles. The quantitative estimate of drug-likeness (QED) is 0.741. The summed E-state index contributed by atoms with van der Waals surface area (Å²) in [6.45, 7) is 7.89. The van der Waals surface area contributed by atoms with Gasteiger partial charge in [0.25, 0.3) is 5.91 Å². The Morgan fingerprint density at radius 1 is 1.26 bits per heavy atom. The fourth-order valence-corrected chi connectivity index (χ4v) is 2.07. The minimum absolute atomic E-state index is 0.0152. The lowest BCUT2D eigenvalue weighted by molar-refractivity contribution is -0.136. The number of aldehydes is 1. The summed E-state index contributed by atoms with van der Waals surface area (Å²) in [6, 6.07) is 7.04. The lowest BCUT2D eigenvalue weighted by Crippen LogP contribution is -2.44. The van der Waals surface area contributed by atoms with Crippen LogP contribution in [0.25, 0.3) is 0 Å². The Morgan fingerprint density at radius 3 is 2.42 bits per heavy atom. The molecule has 0 unspecified atom stereocenters. The van der Waals surface area contributed by atoms with Crippen LogP contribution < -0.4 is 4.74 Å². The molecule has 0 fully saturated rings. The molecular formula is C15H21NO3. The summed E-state index contributed by atoms with van der Waals surface area (Å²) in [5.41, 5.74) is 0.537. The lowest BCUT2D eigenvalue weighted by Gasteiger charge is -2.30. The van der Waals surface area contributed by atoms with E-state index < -0.39 is 0 Å². The van der Waals surface area contributed by atoms with Gasteiger partial charge in [0.15, 0.2) is 6.61 Å². The normalized spacial score (nSPS) is 10.6. The number of nitrogens with zero attached hydrogens (tertiary/aromatic N) is 1. The maximum Gasteiger partial charge on any atom is 0.260 e. The number of amides is 1. The van der Waals surface area contributed by atoms with Gasteiger partial charge in [-0.2, -0.15) is 0 Å². The Labute approximate surface area is 114 Å². The number of ether oxygens (including phenoxy) is 1. The second-order valence-electron chi connectivity index (χ2n) is 4.97. The highest BCUT2D eigenvalue weighted by molar-refractivity contribution is 5.78. The minimum atomic E-state index is -0.0542. The van der Waals surface area contributed by atoms with Crippen LogP contribution in [0.5, 0.6) is 5.75 Å². The molecule has 1 rings (SSSR count). The Balaban J connectivity index is 2.64. The molecule has 1 aromatic carbocycles. The number of rotatable bonds is 6. The van der Waals surface area contributed by atoms with Crippen molar-refractivity contribution in [3.63, 3.8) is 0 Å². The van der Waals surface area contributed by atoms with Gasteiger partial charge in [-0.25, -0.2) is 0 Å². The van der Waals surface area contributed by atoms with Crippen molar-refractivity contribution in [1.82, 2.24) is 4.90 Å². The summed E-state index contributed by atoms with van der Waals surface area (Å²) < 4.78 is 5.44. The van der Waals surface area contributed by atoms with Crippen molar-refractivity contribution in [2.24, 2.45) is 0 Å². The molecule has 0 N–H and O–H groups in total. The Hall–Kier alpha value is -1.84. The number of carbonyl (C=O) groups is 2. The van der Waals surface area contributed by atoms with E-state index in [1.807, 2.05) is 27.7 Å². The summed E-state index contributed by atoms with van der Waals surface area (Å²) in [5, 5.41) is 0. The highest BCUT2D eigenvalue weighted by Gasteiger charge is 2.20. The van der Waals surface area contributed by atoms with E-state index in [9.17, 15) is 9.59 Å². The number of hydrogen-bond donors (Lipinski definition) is 0. The maximum absolute atomic E-state index is 12.1. The van der Waals surface area contributed by atoms with Crippen molar-refractivity contribution in [2.75, 3.05) is 6.61 Å². The predicted molar refractivity (Wildman–Crippen MR) is 74.4 cm³/mol. The summed E-state index contributed by atoms with van der Waals surface area (Å²) in [7, 11) is 0. The molecule has 0 bridgehead atoms. The smallest absolute Gasteiger partial charge is 0.260 e. The molecule has 0 saturated carbocycles.